The second-order valence-electron chi connectivity index (χ2n) is 9.03. The molecule has 0 fully saturated rings. The number of hydrogen-bond donors (Lipinski definition) is 3. The lowest BCUT2D eigenvalue weighted by molar-refractivity contribution is 0.0911. The molecule has 1 aliphatic carbocycles. The Morgan fingerprint density at radius 3 is 2.10 bits per heavy atom. The average molecular weight is 542 g/mol. The molecule has 1 aliphatic rings. The zero-order chi connectivity index (χ0) is 27.2. The van der Waals surface area contributed by atoms with Gasteiger partial charge in [-0.3, -0.25) is 10.2 Å². The van der Waals surface area contributed by atoms with Crippen LogP contribution in [0.25, 0.3) is 11.1 Å². The first-order valence-corrected chi connectivity index (χ1v) is 13.3. The van der Waals surface area contributed by atoms with E-state index in [0.29, 0.717) is 4.88 Å². The van der Waals surface area contributed by atoms with E-state index in [2.05, 4.69) is 28.3 Å². The van der Waals surface area contributed by atoms with Crippen LogP contribution in [0.2, 0.25) is 0 Å². The molecule has 9 heteroatoms. The number of amides is 3. The van der Waals surface area contributed by atoms with Crippen molar-refractivity contribution in [2.45, 2.75) is 25.5 Å². The predicted octanol–water partition coefficient (Wildman–Crippen LogP) is 5.92. The lowest BCUT2D eigenvalue weighted by Gasteiger charge is -2.14. The van der Waals surface area contributed by atoms with Gasteiger partial charge < -0.3 is 14.8 Å². The van der Waals surface area contributed by atoms with Gasteiger partial charge in [0.1, 0.15) is 13.2 Å². The minimum absolute atomic E-state index is 0.0768. The summed E-state index contributed by atoms with van der Waals surface area (Å²) in [5.74, 6) is -0.564. The fourth-order valence-electron chi connectivity index (χ4n) is 4.52. The minimum atomic E-state index is -0.752. The molecule has 1 heterocycles. The van der Waals surface area contributed by atoms with Gasteiger partial charge in [-0.1, -0.05) is 78.9 Å². The summed E-state index contributed by atoms with van der Waals surface area (Å²) in [6.45, 7) is 2.10. The van der Waals surface area contributed by atoms with E-state index < -0.39 is 18.1 Å². The summed E-state index contributed by atoms with van der Waals surface area (Å²) in [5, 5.41) is 2.75. The van der Waals surface area contributed by atoms with Crippen molar-refractivity contribution in [3.05, 3.63) is 117 Å². The maximum Gasteiger partial charge on any atom is 0.426 e. The van der Waals surface area contributed by atoms with E-state index in [0.717, 1.165) is 32.7 Å². The summed E-state index contributed by atoms with van der Waals surface area (Å²) < 4.78 is 10.7. The molecule has 3 amide bonds. The number of carbonyl (C=O) groups is 3. The monoisotopic (exact) mass is 541 g/mol. The maximum absolute atomic E-state index is 12.6. The summed E-state index contributed by atoms with van der Waals surface area (Å²) in [4.78, 5) is 38.2. The first-order valence-electron chi connectivity index (χ1n) is 12.5. The van der Waals surface area contributed by atoms with Crippen LogP contribution in [0.4, 0.5) is 9.59 Å². The first-order chi connectivity index (χ1) is 19.0. The van der Waals surface area contributed by atoms with Gasteiger partial charge in [0.2, 0.25) is 0 Å². The number of hydrazine groups is 1. The molecule has 0 saturated heterocycles. The van der Waals surface area contributed by atoms with Crippen molar-refractivity contribution in [1.82, 2.24) is 16.2 Å². The molecule has 1 unspecified atom stereocenters. The molecular formula is C30H27N3O5S. The number of thiophene rings is 1. The summed E-state index contributed by atoms with van der Waals surface area (Å²) in [7, 11) is 0. The third-order valence-electron chi connectivity index (χ3n) is 6.45. The second-order valence-corrected chi connectivity index (χ2v) is 10.1. The largest absolute Gasteiger partial charge is 0.447 e. The van der Waals surface area contributed by atoms with Crippen molar-refractivity contribution in [2.24, 2.45) is 0 Å². The highest BCUT2D eigenvalue weighted by molar-refractivity contribution is 7.14. The number of benzene rings is 3. The summed E-state index contributed by atoms with van der Waals surface area (Å²) in [6.07, 6.45) is -1.30. The molecule has 8 nitrogen and oxygen atoms in total. The molecule has 3 N–H and O–H groups in total. The molecule has 3 aromatic carbocycles. The molecule has 4 aromatic rings. The molecule has 1 atom stereocenters. The minimum Gasteiger partial charge on any atom is -0.447 e. The number of nitrogens with one attached hydrogen (secondary N) is 3. The molecule has 39 heavy (non-hydrogen) atoms. The van der Waals surface area contributed by atoms with Crippen LogP contribution >= 0.6 is 11.3 Å². The fourth-order valence-corrected chi connectivity index (χ4v) is 5.43. The third-order valence-corrected chi connectivity index (χ3v) is 7.71. The van der Waals surface area contributed by atoms with Gasteiger partial charge in [-0.15, -0.1) is 11.3 Å². The van der Waals surface area contributed by atoms with Gasteiger partial charge in [0.05, 0.1) is 10.9 Å². The van der Waals surface area contributed by atoms with E-state index >= 15 is 0 Å². The number of hydrogen-bond acceptors (Lipinski definition) is 6. The SMILES string of the molecule is CC(NC(=O)OCc1ccccc1)c1ccc(C(=O)NNC(=O)OCC2c3ccccc3-c3ccccc32)s1. The normalized spacial score (nSPS) is 12.5. The van der Waals surface area contributed by atoms with E-state index in [1.807, 2.05) is 66.7 Å². The molecule has 0 bridgehead atoms. The second kappa shape index (κ2) is 11.8. The molecular weight excluding hydrogens is 514 g/mol. The van der Waals surface area contributed by atoms with Crippen molar-refractivity contribution in [3.63, 3.8) is 0 Å². The topological polar surface area (TPSA) is 106 Å². The highest BCUT2D eigenvalue weighted by atomic mass is 32.1. The number of rotatable bonds is 7. The molecule has 0 saturated carbocycles. The van der Waals surface area contributed by atoms with Crippen molar-refractivity contribution >= 4 is 29.4 Å². The molecule has 0 radical (unpaired) electrons. The van der Waals surface area contributed by atoms with E-state index in [1.54, 1.807) is 19.1 Å². The Labute approximate surface area is 229 Å². The van der Waals surface area contributed by atoms with Crippen LogP contribution in [0.3, 0.4) is 0 Å². The van der Waals surface area contributed by atoms with Crippen LogP contribution in [0, 0.1) is 0 Å². The van der Waals surface area contributed by atoms with E-state index in [9.17, 15) is 14.4 Å². The standard InChI is InChI=1S/C30H27N3O5S/c1-19(31-29(35)37-17-20-9-3-2-4-10-20)26-15-16-27(39-26)28(34)32-33-30(36)38-18-25-23-13-7-5-11-21(23)22-12-6-8-14-24(22)25/h2-16,19,25H,17-18H2,1H3,(H,31,35)(H,32,34)(H,33,36). The Kier molecular flexibility index (Phi) is 7.88. The molecule has 198 valence electrons. The van der Waals surface area contributed by atoms with Crippen LogP contribution in [0.15, 0.2) is 91.0 Å². The van der Waals surface area contributed by atoms with Crippen LogP contribution < -0.4 is 16.2 Å². The van der Waals surface area contributed by atoms with Gasteiger partial charge in [0.15, 0.2) is 0 Å². The Morgan fingerprint density at radius 2 is 1.41 bits per heavy atom. The zero-order valence-corrected chi connectivity index (χ0v) is 22.0. The lowest BCUT2D eigenvalue weighted by Crippen LogP contribution is -2.42. The van der Waals surface area contributed by atoms with E-state index in [4.69, 9.17) is 9.47 Å². The maximum atomic E-state index is 12.6. The van der Waals surface area contributed by atoms with Gasteiger partial charge >= 0.3 is 12.2 Å². The molecule has 5 rings (SSSR count). The van der Waals surface area contributed by atoms with Gasteiger partial charge in [-0.05, 0) is 46.9 Å². The van der Waals surface area contributed by atoms with Crippen molar-refractivity contribution in [2.75, 3.05) is 6.61 Å². The third kappa shape index (κ3) is 6.10. The number of fused-ring (bicyclic) bond motifs is 3. The van der Waals surface area contributed by atoms with Crippen molar-refractivity contribution < 1.29 is 23.9 Å². The van der Waals surface area contributed by atoms with Crippen molar-refractivity contribution in [1.29, 1.82) is 0 Å². The Hall–Kier alpha value is -4.63. The number of ether oxygens (including phenoxy) is 2. The van der Waals surface area contributed by atoms with Gasteiger partial charge in [-0.25, -0.2) is 15.0 Å². The molecule has 0 spiro atoms. The highest BCUT2D eigenvalue weighted by Gasteiger charge is 2.29. The predicted molar refractivity (Wildman–Crippen MR) is 148 cm³/mol. The molecule has 1 aromatic heterocycles. The fraction of sp³-hybridized carbons (Fsp3) is 0.167. The van der Waals surface area contributed by atoms with Crippen LogP contribution in [0.1, 0.15) is 50.1 Å². The van der Waals surface area contributed by atoms with Gasteiger partial charge in [-0.2, -0.15) is 0 Å². The lowest BCUT2D eigenvalue weighted by atomic mass is 9.98. The summed E-state index contributed by atoms with van der Waals surface area (Å²) >= 11 is 1.20. The van der Waals surface area contributed by atoms with Crippen molar-refractivity contribution in [3.8, 4) is 11.1 Å². The van der Waals surface area contributed by atoms with Crippen LogP contribution in [-0.2, 0) is 16.1 Å². The number of carbonyl (C=O) groups excluding carboxylic acids is 3. The van der Waals surface area contributed by atoms with Crippen LogP contribution in [-0.4, -0.2) is 24.7 Å². The quantitative estimate of drug-likeness (QED) is 0.252. The Balaban J connectivity index is 1.08. The smallest absolute Gasteiger partial charge is 0.426 e. The Morgan fingerprint density at radius 1 is 0.769 bits per heavy atom. The summed E-state index contributed by atoms with van der Waals surface area (Å²) in [6, 6.07) is 28.5. The first kappa shape index (κ1) is 26.0. The molecule has 0 aliphatic heterocycles. The van der Waals surface area contributed by atoms with Crippen LogP contribution in [0.5, 0.6) is 0 Å². The Bertz CT molecular complexity index is 1440. The van der Waals surface area contributed by atoms with E-state index in [1.165, 1.54) is 11.3 Å². The van der Waals surface area contributed by atoms with E-state index in [-0.39, 0.29) is 25.2 Å². The average Bonchev–Trinajstić information content (AvgIpc) is 3.58. The number of alkyl carbamates (subject to hydrolysis) is 1. The van der Waals surface area contributed by atoms with Gasteiger partial charge in [0.25, 0.3) is 5.91 Å². The zero-order valence-electron chi connectivity index (χ0n) is 21.2. The highest BCUT2D eigenvalue weighted by Crippen LogP contribution is 2.44. The summed E-state index contributed by atoms with van der Waals surface area (Å²) in [5.41, 5.74) is 10.1. The van der Waals surface area contributed by atoms with Gasteiger partial charge in [0, 0.05) is 10.8 Å².